The van der Waals surface area contributed by atoms with Gasteiger partial charge in [0.15, 0.2) is 6.61 Å². The number of methoxy groups -OCH3 is 1. The van der Waals surface area contributed by atoms with Crippen molar-refractivity contribution in [3.63, 3.8) is 0 Å². The van der Waals surface area contributed by atoms with Crippen molar-refractivity contribution >= 4 is 63.1 Å². The zero-order valence-electron chi connectivity index (χ0n) is 20.2. The normalized spacial score (nSPS) is 14.0. The maximum Gasteiger partial charge on any atom is 0.373 e. The van der Waals surface area contributed by atoms with Gasteiger partial charge in [-0.1, -0.05) is 29.8 Å². The van der Waals surface area contributed by atoms with Gasteiger partial charge in [-0.2, -0.15) is 0 Å². The van der Waals surface area contributed by atoms with E-state index in [0.29, 0.717) is 20.7 Å². The van der Waals surface area contributed by atoms with Crippen LogP contribution in [0.15, 0.2) is 63.1 Å². The molecule has 0 atom stereocenters. The fourth-order valence-corrected chi connectivity index (χ4v) is 4.53. The second-order valence-corrected chi connectivity index (χ2v) is 9.39. The molecule has 38 heavy (non-hydrogen) atoms. The van der Waals surface area contributed by atoms with Gasteiger partial charge in [-0.25, -0.2) is 9.59 Å². The second kappa shape index (κ2) is 11.5. The Balaban J connectivity index is 1.51. The zero-order chi connectivity index (χ0) is 27.4. The van der Waals surface area contributed by atoms with Gasteiger partial charge < -0.3 is 24.5 Å². The molecule has 1 saturated heterocycles. The summed E-state index contributed by atoms with van der Waals surface area (Å²) in [5.74, 6) is -1.30. The Kier molecular flexibility index (Phi) is 8.18. The minimum absolute atomic E-state index is 0.0434. The van der Waals surface area contributed by atoms with Crippen molar-refractivity contribution in [3.8, 4) is 5.75 Å². The first-order valence-corrected chi connectivity index (χ1v) is 12.3. The maximum absolute atomic E-state index is 13.0. The van der Waals surface area contributed by atoms with E-state index in [2.05, 4.69) is 31.3 Å². The van der Waals surface area contributed by atoms with Gasteiger partial charge in [0.2, 0.25) is 5.76 Å². The van der Waals surface area contributed by atoms with Crippen molar-refractivity contribution in [3.05, 3.63) is 86.4 Å². The predicted octanol–water partition coefficient (Wildman–Crippen LogP) is 4.90. The monoisotopic (exact) mass is 601 g/mol. The van der Waals surface area contributed by atoms with Gasteiger partial charge in [0.25, 0.3) is 11.8 Å². The van der Waals surface area contributed by atoms with Crippen molar-refractivity contribution in [1.29, 1.82) is 0 Å². The minimum Gasteiger partial charge on any atom is -0.482 e. The van der Waals surface area contributed by atoms with Gasteiger partial charge in [0, 0.05) is 16.3 Å². The molecule has 196 valence electrons. The van der Waals surface area contributed by atoms with Crippen LogP contribution in [0, 0.1) is 6.92 Å². The van der Waals surface area contributed by atoms with E-state index in [9.17, 15) is 19.2 Å². The Hall–Kier alpha value is -4.09. The molecule has 1 fully saturated rings. The summed E-state index contributed by atoms with van der Waals surface area (Å²) in [6.07, 6.45) is 1.40. The molecule has 2 aromatic carbocycles. The van der Waals surface area contributed by atoms with Crippen LogP contribution in [0.3, 0.4) is 0 Å². The van der Waals surface area contributed by atoms with E-state index < -0.39 is 17.9 Å². The number of furan rings is 1. The highest BCUT2D eigenvalue weighted by Crippen LogP contribution is 2.35. The van der Waals surface area contributed by atoms with E-state index in [1.54, 1.807) is 12.1 Å². The number of carbonyl (C=O) groups is 4. The maximum atomic E-state index is 13.0. The molecule has 0 aliphatic carbocycles. The van der Waals surface area contributed by atoms with Crippen LogP contribution in [0.4, 0.5) is 10.5 Å². The number of imide groups is 1. The molecule has 3 aromatic rings. The number of hydrogen-bond acceptors (Lipinski definition) is 7. The lowest BCUT2D eigenvalue weighted by Gasteiger charge is -2.13. The van der Waals surface area contributed by atoms with Crippen molar-refractivity contribution < 1.29 is 33.1 Å². The highest BCUT2D eigenvalue weighted by molar-refractivity contribution is 9.10. The molecule has 2 N–H and O–H groups in total. The Morgan fingerprint density at radius 2 is 1.95 bits per heavy atom. The number of amides is 4. The number of nitrogens with one attached hydrogen (secondary N) is 2. The minimum atomic E-state index is -0.682. The summed E-state index contributed by atoms with van der Waals surface area (Å²) in [4.78, 5) is 50.5. The van der Waals surface area contributed by atoms with E-state index >= 15 is 0 Å². The van der Waals surface area contributed by atoms with Crippen LogP contribution in [-0.4, -0.2) is 42.4 Å². The number of halogens is 2. The molecule has 0 spiro atoms. The molecule has 0 radical (unpaired) electrons. The molecular formula is C26H21BrClN3O7. The van der Waals surface area contributed by atoms with Crippen LogP contribution < -0.4 is 15.4 Å². The van der Waals surface area contributed by atoms with E-state index in [1.807, 2.05) is 25.1 Å². The van der Waals surface area contributed by atoms with E-state index in [4.69, 9.17) is 20.8 Å². The molecule has 0 saturated carbocycles. The van der Waals surface area contributed by atoms with Crippen LogP contribution in [-0.2, 0) is 20.9 Å². The summed E-state index contributed by atoms with van der Waals surface area (Å²) in [5.41, 5.74) is 1.87. The number of esters is 1. The van der Waals surface area contributed by atoms with E-state index in [0.717, 1.165) is 10.5 Å². The van der Waals surface area contributed by atoms with Gasteiger partial charge in [0.1, 0.15) is 17.2 Å². The summed E-state index contributed by atoms with van der Waals surface area (Å²) < 4.78 is 16.2. The largest absolute Gasteiger partial charge is 0.482 e. The van der Waals surface area contributed by atoms with E-state index in [-0.39, 0.29) is 42.0 Å². The molecule has 1 aromatic heterocycles. The second-order valence-electron chi connectivity index (χ2n) is 8.09. The van der Waals surface area contributed by atoms with Crippen LogP contribution >= 0.6 is 27.5 Å². The summed E-state index contributed by atoms with van der Waals surface area (Å²) in [6, 6.07) is 12.6. The molecule has 1 aliphatic heterocycles. The molecule has 0 unspecified atom stereocenters. The third kappa shape index (κ3) is 6.06. The number of rotatable bonds is 8. The zero-order valence-corrected chi connectivity index (χ0v) is 22.5. The number of hydrogen-bond donors (Lipinski definition) is 2. The van der Waals surface area contributed by atoms with Crippen molar-refractivity contribution in [1.82, 2.24) is 10.2 Å². The van der Waals surface area contributed by atoms with Crippen molar-refractivity contribution in [2.75, 3.05) is 19.0 Å². The predicted molar refractivity (Wildman–Crippen MR) is 142 cm³/mol. The Morgan fingerprint density at radius 1 is 1.18 bits per heavy atom. The molecule has 4 amide bonds. The Bertz CT molecular complexity index is 1470. The molecule has 4 rings (SSSR count). The number of urea groups is 1. The first-order chi connectivity index (χ1) is 18.2. The fourth-order valence-electron chi connectivity index (χ4n) is 3.58. The van der Waals surface area contributed by atoms with Gasteiger partial charge in [-0.3, -0.25) is 14.5 Å². The SMILES string of the molecule is COC(=O)c1ccc(CN2C(=O)N/C(=C\c3cc(Cl)cc(Br)c3OCC(=O)Nc3ccccc3C)C2=O)o1. The number of benzene rings is 2. The summed E-state index contributed by atoms with van der Waals surface area (Å²) in [7, 11) is 1.21. The number of para-hydroxylation sites is 1. The standard InChI is InChI=1S/C26H21BrClN3O7/c1-14-5-3-4-6-19(14)29-22(32)13-37-23-15(9-16(28)11-18(23)27)10-20-24(33)31(26(35)30-20)12-17-7-8-21(38-17)25(34)36-2/h3-11H,12-13H2,1-2H3,(H,29,32)(H,30,35)/b20-10-. The molecule has 12 heteroatoms. The van der Waals surface area contributed by atoms with Crippen LogP contribution in [0.1, 0.15) is 27.4 Å². The summed E-state index contributed by atoms with van der Waals surface area (Å²) >= 11 is 9.58. The number of nitrogens with zero attached hydrogens (tertiary/aromatic N) is 1. The Labute approximate surface area is 230 Å². The number of aryl methyl sites for hydroxylation is 1. The summed E-state index contributed by atoms with van der Waals surface area (Å²) in [5, 5.41) is 5.62. The quantitative estimate of drug-likeness (QED) is 0.213. The topological polar surface area (TPSA) is 127 Å². The lowest BCUT2D eigenvalue weighted by molar-refractivity contribution is -0.123. The van der Waals surface area contributed by atoms with E-state index in [1.165, 1.54) is 31.4 Å². The first-order valence-electron chi connectivity index (χ1n) is 11.1. The summed E-state index contributed by atoms with van der Waals surface area (Å²) in [6.45, 7) is 1.34. The molecule has 0 bridgehead atoms. The number of anilines is 1. The van der Waals surface area contributed by atoms with Crippen molar-refractivity contribution in [2.45, 2.75) is 13.5 Å². The number of ether oxygens (including phenoxy) is 2. The smallest absolute Gasteiger partial charge is 0.373 e. The molecule has 10 nitrogen and oxygen atoms in total. The van der Waals surface area contributed by atoms with Crippen molar-refractivity contribution in [2.24, 2.45) is 0 Å². The van der Waals surface area contributed by atoms with Crippen LogP contribution in [0.5, 0.6) is 5.75 Å². The molecule has 2 heterocycles. The van der Waals surface area contributed by atoms with Gasteiger partial charge in [0.05, 0.1) is 18.1 Å². The Morgan fingerprint density at radius 3 is 2.68 bits per heavy atom. The van der Waals surface area contributed by atoms with Gasteiger partial charge in [-0.15, -0.1) is 0 Å². The highest BCUT2D eigenvalue weighted by atomic mass is 79.9. The average Bonchev–Trinajstić information content (AvgIpc) is 3.45. The van der Waals surface area contributed by atoms with Gasteiger partial charge in [-0.05, 0) is 64.8 Å². The molecule has 1 aliphatic rings. The third-order valence-corrected chi connectivity index (χ3v) is 6.24. The van der Waals surface area contributed by atoms with Crippen LogP contribution in [0.25, 0.3) is 6.08 Å². The number of carbonyl (C=O) groups excluding carboxylic acids is 4. The van der Waals surface area contributed by atoms with Gasteiger partial charge >= 0.3 is 12.0 Å². The third-order valence-electron chi connectivity index (χ3n) is 5.43. The lowest BCUT2D eigenvalue weighted by atomic mass is 10.1. The van der Waals surface area contributed by atoms with Crippen LogP contribution in [0.2, 0.25) is 5.02 Å². The fraction of sp³-hybridized carbons (Fsp3) is 0.154. The highest BCUT2D eigenvalue weighted by Gasteiger charge is 2.34. The average molecular weight is 603 g/mol. The first kappa shape index (κ1) is 27.0. The lowest BCUT2D eigenvalue weighted by Crippen LogP contribution is -2.30. The molecular weight excluding hydrogens is 582 g/mol.